The van der Waals surface area contributed by atoms with Gasteiger partial charge >= 0.3 is 0 Å². The molecule has 3 aromatic rings. The van der Waals surface area contributed by atoms with Crippen LogP contribution in [0.5, 0.6) is 0 Å². The number of fused-ring (bicyclic) bond motifs is 1. The number of hydrogen-bond donors (Lipinski definition) is 1. The van der Waals surface area contributed by atoms with E-state index in [-0.39, 0.29) is 0 Å². The van der Waals surface area contributed by atoms with Gasteiger partial charge in [0.05, 0.1) is 6.10 Å². The molecule has 0 aromatic heterocycles. The monoisotopic (exact) mass is 333 g/mol. The van der Waals surface area contributed by atoms with E-state index >= 15 is 0 Å². The third kappa shape index (κ3) is 4.68. The maximum absolute atomic E-state index is 10.7. The molecule has 0 unspecified atom stereocenters. The van der Waals surface area contributed by atoms with E-state index in [2.05, 4.69) is 67.3 Å². The van der Waals surface area contributed by atoms with Crippen LogP contribution in [0.1, 0.15) is 37.5 Å². The normalized spacial score (nSPS) is 12.8. The molecule has 0 aliphatic rings. The van der Waals surface area contributed by atoms with Gasteiger partial charge in [0.15, 0.2) is 0 Å². The molecule has 1 N–H and O–H groups in total. The van der Waals surface area contributed by atoms with Crippen molar-refractivity contribution in [1.29, 1.82) is 0 Å². The molecule has 25 heavy (non-hydrogen) atoms. The summed E-state index contributed by atoms with van der Waals surface area (Å²) in [5, 5.41) is 13.0. The lowest BCUT2D eigenvalue weighted by Crippen LogP contribution is -2.32. The molecule has 3 aromatic carbocycles. The average Bonchev–Trinajstić information content (AvgIpc) is 2.65. The Labute approximate surface area is 150 Å². The molecule has 0 aliphatic heterocycles. The van der Waals surface area contributed by atoms with Gasteiger partial charge in [0.25, 0.3) is 0 Å². The van der Waals surface area contributed by atoms with Gasteiger partial charge in [-0.2, -0.15) is 0 Å². The molecule has 3 rings (SSSR count). The van der Waals surface area contributed by atoms with Crippen molar-refractivity contribution in [1.82, 2.24) is 4.90 Å². The number of aliphatic hydroxyl groups excluding tert-OH is 1. The zero-order valence-corrected chi connectivity index (χ0v) is 15.1. The summed E-state index contributed by atoms with van der Waals surface area (Å²) in [6, 6.07) is 25.5. The minimum Gasteiger partial charge on any atom is -0.388 e. The Morgan fingerprint density at radius 2 is 1.52 bits per heavy atom. The van der Waals surface area contributed by atoms with Crippen LogP contribution in [0.3, 0.4) is 0 Å². The SMILES string of the molecule is CC(C)N(CC[C@@H](O)c1ccc2ccccc2c1)Cc1ccccc1. The largest absolute Gasteiger partial charge is 0.388 e. The lowest BCUT2D eigenvalue weighted by Gasteiger charge is -2.27. The minimum atomic E-state index is -0.429. The van der Waals surface area contributed by atoms with Crippen molar-refractivity contribution in [3.63, 3.8) is 0 Å². The standard InChI is InChI=1S/C23H27NO/c1-18(2)24(17-19-8-4-3-5-9-19)15-14-23(25)22-13-12-20-10-6-7-11-21(20)16-22/h3-13,16,18,23,25H,14-15,17H2,1-2H3/t23-/m1/s1. The Morgan fingerprint density at radius 1 is 0.840 bits per heavy atom. The molecule has 0 heterocycles. The van der Waals surface area contributed by atoms with E-state index in [0.29, 0.717) is 6.04 Å². The summed E-state index contributed by atoms with van der Waals surface area (Å²) in [5.74, 6) is 0. The first kappa shape index (κ1) is 17.7. The smallest absolute Gasteiger partial charge is 0.0802 e. The lowest BCUT2D eigenvalue weighted by molar-refractivity contribution is 0.127. The Kier molecular flexibility index (Phi) is 5.85. The second-order valence-electron chi connectivity index (χ2n) is 6.96. The molecule has 1 atom stereocenters. The lowest BCUT2D eigenvalue weighted by atomic mass is 10.0. The topological polar surface area (TPSA) is 23.5 Å². The van der Waals surface area contributed by atoms with Crippen molar-refractivity contribution in [3.8, 4) is 0 Å². The fraction of sp³-hybridized carbons (Fsp3) is 0.304. The molecule has 0 saturated heterocycles. The van der Waals surface area contributed by atoms with E-state index < -0.39 is 6.10 Å². The molecule has 0 aliphatic carbocycles. The van der Waals surface area contributed by atoms with Crippen molar-refractivity contribution in [2.24, 2.45) is 0 Å². The van der Waals surface area contributed by atoms with Crippen LogP contribution in [0.25, 0.3) is 10.8 Å². The first-order valence-corrected chi connectivity index (χ1v) is 9.08. The second kappa shape index (κ2) is 8.28. The van der Waals surface area contributed by atoms with Crippen molar-refractivity contribution in [3.05, 3.63) is 83.9 Å². The summed E-state index contributed by atoms with van der Waals surface area (Å²) < 4.78 is 0. The highest BCUT2D eigenvalue weighted by atomic mass is 16.3. The number of rotatable bonds is 7. The predicted molar refractivity (Wildman–Crippen MR) is 106 cm³/mol. The summed E-state index contributed by atoms with van der Waals surface area (Å²) in [4.78, 5) is 2.42. The fourth-order valence-corrected chi connectivity index (χ4v) is 3.21. The van der Waals surface area contributed by atoms with Crippen LogP contribution < -0.4 is 0 Å². The highest BCUT2D eigenvalue weighted by molar-refractivity contribution is 5.83. The van der Waals surface area contributed by atoms with E-state index in [1.807, 2.05) is 24.3 Å². The van der Waals surface area contributed by atoms with E-state index in [4.69, 9.17) is 0 Å². The van der Waals surface area contributed by atoms with E-state index in [0.717, 1.165) is 25.1 Å². The quantitative estimate of drug-likeness (QED) is 0.644. The maximum Gasteiger partial charge on any atom is 0.0802 e. The van der Waals surface area contributed by atoms with Gasteiger partial charge in [-0.1, -0.05) is 66.7 Å². The van der Waals surface area contributed by atoms with Crippen molar-refractivity contribution < 1.29 is 5.11 Å². The van der Waals surface area contributed by atoms with Crippen LogP contribution >= 0.6 is 0 Å². The Hall–Kier alpha value is -2.16. The Morgan fingerprint density at radius 3 is 2.24 bits per heavy atom. The van der Waals surface area contributed by atoms with E-state index in [1.54, 1.807) is 0 Å². The highest BCUT2D eigenvalue weighted by Crippen LogP contribution is 2.23. The molecule has 2 nitrogen and oxygen atoms in total. The maximum atomic E-state index is 10.7. The summed E-state index contributed by atoms with van der Waals surface area (Å²) in [7, 11) is 0. The van der Waals surface area contributed by atoms with Gasteiger partial charge in [0.2, 0.25) is 0 Å². The number of aliphatic hydroxyl groups is 1. The first-order chi connectivity index (χ1) is 12.1. The summed E-state index contributed by atoms with van der Waals surface area (Å²) >= 11 is 0. The van der Waals surface area contributed by atoms with E-state index in [1.165, 1.54) is 16.3 Å². The molecule has 0 fully saturated rings. The molecule has 2 heteroatoms. The van der Waals surface area contributed by atoms with Crippen LogP contribution in [0.2, 0.25) is 0 Å². The van der Waals surface area contributed by atoms with Crippen LogP contribution in [-0.4, -0.2) is 22.6 Å². The van der Waals surface area contributed by atoms with Gasteiger partial charge < -0.3 is 5.11 Å². The molecule has 0 radical (unpaired) electrons. The van der Waals surface area contributed by atoms with Crippen molar-refractivity contribution in [2.45, 2.75) is 39.0 Å². The van der Waals surface area contributed by atoms with Gasteiger partial charge in [-0.15, -0.1) is 0 Å². The zero-order valence-electron chi connectivity index (χ0n) is 15.1. The summed E-state index contributed by atoms with van der Waals surface area (Å²) in [6.07, 6.45) is 0.310. The van der Waals surface area contributed by atoms with Gasteiger partial charge in [0.1, 0.15) is 0 Å². The van der Waals surface area contributed by atoms with Gasteiger partial charge in [-0.3, -0.25) is 4.90 Å². The fourth-order valence-electron chi connectivity index (χ4n) is 3.21. The minimum absolute atomic E-state index is 0.429. The molecule has 130 valence electrons. The van der Waals surface area contributed by atoms with Crippen LogP contribution in [-0.2, 0) is 6.54 Å². The summed E-state index contributed by atoms with van der Waals surface area (Å²) in [5.41, 5.74) is 2.32. The Bertz CT molecular complexity index is 797. The molecule has 0 spiro atoms. The van der Waals surface area contributed by atoms with Crippen LogP contribution in [0.15, 0.2) is 72.8 Å². The van der Waals surface area contributed by atoms with Crippen molar-refractivity contribution in [2.75, 3.05) is 6.54 Å². The zero-order chi connectivity index (χ0) is 17.6. The Balaban J connectivity index is 1.65. The molecule has 0 bridgehead atoms. The molecular formula is C23H27NO. The molecular weight excluding hydrogens is 306 g/mol. The summed E-state index contributed by atoms with van der Waals surface area (Å²) in [6.45, 7) is 6.22. The number of nitrogens with zero attached hydrogens (tertiary/aromatic N) is 1. The highest BCUT2D eigenvalue weighted by Gasteiger charge is 2.14. The number of hydrogen-bond acceptors (Lipinski definition) is 2. The van der Waals surface area contributed by atoms with Gasteiger partial charge in [0, 0.05) is 19.1 Å². The third-order valence-corrected chi connectivity index (χ3v) is 4.81. The van der Waals surface area contributed by atoms with E-state index in [9.17, 15) is 5.11 Å². The number of benzene rings is 3. The van der Waals surface area contributed by atoms with Gasteiger partial charge in [-0.25, -0.2) is 0 Å². The molecule has 0 saturated carbocycles. The van der Waals surface area contributed by atoms with Crippen LogP contribution in [0.4, 0.5) is 0 Å². The first-order valence-electron chi connectivity index (χ1n) is 9.08. The average molecular weight is 333 g/mol. The van der Waals surface area contributed by atoms with Crippen LogP contribution in [0, 0.1) is 0 Å². The second-order valence-corrected chi connectivity index (χ2v) is 6.96. The van der Waals surface area contributed by atoms with Crippen molar-refractivity contribution >= 4 is 10.8 Å². The predicted octanol–water partition coefficient (Wildman–Crippen LogP) is 5.17. The van der Waals surface area contributed by atoms with Gasteiger partial charge in [-0.05, 0) is 48.2 Å². The molecule has 0 amide bonds. The third-order valence-electron chi connectivity index (χ3n) is 4.81.